The van der Waals surface area contributed by atoms with E-state index in [-0.39, 0.29) is 0 Å². The lowest BCUT2D eigenvalue weighted by atomic mass is 10.1. The third kappa shape index (κ3) is 6.34. The number of unbranched alkanes of at least 4 members (excludes halogenated alkanes) is 2. The van der Waals surface area contributed by atoms with Crippen molar-refractivity contribution in [3.63, 3.8) is 0 Å². The second-order valence-electron chi connectivity index (χ2n) is 5.81. The van der Waals surface area contributed by atoms with Crippen LogP contribution >= 0.6 is 0 Å². The van der Waals surface area contributed by atoms with E-state index in [9.17, 15) is 0 Å². The molecule has 0 heterocycles. The maximum absolute atomic E-state index is 5.58. The standard InChI is InChI=1S/C23H26O/c1-3-5-7-8-20-9-11-21(12-10-20)13-14-22-15-17-23(18-16-22)24-19-6-4-2/h4,6,9-12,15-18H,3,5,7-8,19H2,1-2H3/b6-4+. The summed E-state index contributed by atoms with van der Waals surface area (Å²) < 4.78 is 5.58. The molecule has 0 saturated heterocycles. The summed E-state index contributed by atoms with van der Waals surface area (Å²) in [7, 11) is 0. The second kappa shape index (κ2) is 10.3. The molecule has 2 aromatic rings. The molecule has 0 amide bonds. The number of hydrogen-bond donors (Lipinski definition) is 0. The van der Waals surface area contributed by atoms with Crippen LogP contribution in [0.4, 0.5) is 0 Å². The fourth-order valence-electron chi connectivity index (χ4n) is 2.35. The quantitative estimate of drug-likeness (QED) is 0.357. The van der Waals surface area contributed by atoms with Crippen LogP contribution in [0.3, 0.4) is 0 Å². The number of rotatable bonds is 7. The highest BCUT2D eigenvalue weighted by Gasteiger charge is 1.94. The monoisotopic (exact) mass is 318 g/mol. The zero-order valence-electron chi connectivity index (χ0n) is 14.7. The van der Waals surface area contributed by atoms with Gasteiger partial charge in [-0.05, 0) is 61.7 Å². The van der Waals surface area contributed by atoms with E-state index < -0.39 is 0 Å². The third-order valence-electron chi connectivity index (χ3n) is 3.81. The summed E-state index contributed by atoms with van der Waals surface area (Å²) in [6.07, 6.45) is 8.97. The van der Waals surface area contributed by atoms with E-state index in [0.717, 1.165) is 23.3 Å². The van der Waals surface area contributed by atoms with Crippen molar-refractivity contribution in [2.45, 2.75) is 39.5 Å². The summed E-state index contributed by atoms with van der Waals surface area (Å²) in [5.74, 6) is 7.30. The van der Waals surface area contributed by atoms with E-state index in [1.807, 2.05) is 43.3 Å². The Hall–Kier alpha value is -2.46. The highest BCUT2D eigenvalue weighted by Crippen LogP contribution is 2.12. The van der Waals surface area contributed by atoms with Gasteiger partial charge in [0.15, 0.2) is 0 Å². The Kier molecular flexibility index (Phi) is 7.71. The van der Waals surface area contributed by atoms with Crippen LogP contribution in [0.2, 0.25) is 0 Å². The number of aryl methyl sites for hydroxylation is 1. The summed E-state index contributed by atoms with van der Waals surface area (Å²) in [6, 6.07) is 16.5. The van der Waals surface area contributed by atoms with Gasteiger partial charge < -0.3 is 4.74 Å². The Labute approximate surface area is 146 Å². The lowest BCUT2D eigenvalue weighted by Crippen LogP contribution is -1.92. The Morgan fingerprint density at radius 3 is 2.08 bits per heavy atom. The molecule has 24 heavy (non-hydrogen) atoms. The van der Waals surface area contributed by atoms with E-state index in [4.69, 9.17) is 4.74 Å². The third-order valence-corrected chi connectivity index (χ3v) is 3.81. The van der Waals surface area contributed by atoms with Crippen molar-refractivity contribution in [3.8, 4) is 17.6 Å². The highest BCUT2D eigenvalue weighted by atomic mass is 16.5. The van der Waals surface area contributed by atoms with Gasteiger partial charge in [0.2, 0.25) is 0 Å². The van der Waals surface area contributed by atoms with E-state index in [1.165, 1.54) is 24.8 Å². The van der Waals surface area contributed by atoms with Gasteiger partial charge in [0.25, 0.3) is 0 Å². The highest BCUT2D eigenvalue weighted by molar-refractivity contribution is 5.44. The van der Waals surface area contributed by atoms with E-state index >= 15 is 0 Å². The van der Waals surface area contributed by atoms with Gasteiger partial charge in [-0.2, -0.15) is 0 Å². The van der Waals surface area contributed by atoms with Crippen LogP contribution in [0, 0.1) is 11.8 Å². The van der Waals surface area contributed by atoms with Gasteiger partial charge in [0.1, 0.15) is 12.4 Å². The fourth-order valence-corrected chi connectivity index (χ4v) is 2.35. The van der Waals surface area contributed by atoms with Crippen LogP contribution < -0.4 is 4.74 Å². The summed E-state index contributed by atoms with van der Waals surface area (Å²) in [5.41, 5.74) is 3.46. The first-order valence-electron chi connectivity index (χ1n) is 8.77. The van der Waals surface area contributed by atoms with Crippen LogP contribution in [-0.4, -0.2) is 6.61 Å². The zero-order valence-corrected chi connectivity index (χ0v) is 14.7. The molecule has 0 aliphatic heterocycles. The second-order valence-corrected chi connectivity index (χ2v) is 5.81. The van der Waals surface area contributed by atoms with Crippen molar-refractivity contribution in [1.82, 2.24) is 0 Å². The lowest BCUT2D eigenvalue weighted by Gasteiger charge is -2.02. The predicted molar refractivity (Wildman–Crippen MR) is 102 cm³/mol. The molecule has 0 fully saturated rings. The Balaban J connectivity index is 1.91. The van der Waals surface area contributed by atoms with Crippen LogP contribution in [0.5, 0.6) is 5.75 Å². The minimum absolute atomic E-state index is 0.603. The van der Waals surface area contributed by atoms with Gasteiger partial charge in [-0.25, -0.2) is 0 Å². The van der Waals surface area contributed by atoms with Crippen LogP contribution in [0.25, 0.3) is 0 Å². The van der Waals surface area contributed by atoms with Crippen LogP contribution in [0.1, 0.15) is 49.8 Å². The molecule has 0 N–H and O–H groups in total. The molecule has 0 saturated carbocycles. The lowest BCUT2D eigenvalue weighted by molar-refractivity contribution is 0.362. The van der Waals surface area contributed by atoms with Crippen molar-refractivity contribution >= 4 is 0 Å². The van der Waals surface area contributed by atoms with Gasteiger partial charge in [0, 0.05) is 11.1 Å². The minimum Gasteiger partial charge on any atom is -0.490 e. The molecule has 0 unspecified atom stereocenters. The molecular weight excluding hydrogens is 292 g/mol. The molecule has 0 aromatic heterocycles. The van der Waals surface area contributed by atoms with Crippen molar-refractivity contribution in [2.24, 2.45) is 0 Å². The topological polar surface area (TPSA) is 9.23 Å². The largest absolute Gasteiger partial charge is 0.490 e. The Morgan fingerprint density at radius 1 is 0.875 bits per heavy atom. The number of hydrogen-bond acceptors (Lipinski definition) is 1. The average molecular weight is 318 g/mol. The summed E-state index contributed by atoms with van der Waals surface area (Å²) in [5, 5.41) is 0. The van der Waals surface area contributed by atoms with E-state index in [1.54, 1.807) is 0 Å². The molecule has 0 aliphatic rings. The summed E-state index contributed by atoms with van der Waals surface area (Å²) in [4.78, 5) is 0. The first-order valence-corrected chi connectivity index (χ1v) is 8.77. The molecule has 0 bridgehead atoms. The smallest absolute Gasteiger partial charge is 0.119 e. The molecule has 0 radical (unpaired) electrons. The molecule has 1 heteroatoms. The zero-order chi connectivity index (χ0) is 17.0. The molecule has 1 nitrogen and oxygen atoms in total. The van der Waals surface area contributed by atoms with Gasteiger partial charge in [0.05, 0.1) is 0 Å². The van der Waals surface area contributed by atoms with E-state index in [2.05, 4.69) is 43.0 Å². The molecule has 2 aromatic carbocycles. The Bertz CT molecular complexity index is 682. The summed E-state index contributed by atoms with van der Waals surface area (Å²) in [6.45, 7) is 4.82. The number of ether oxygens (including phenoxy) is 1. The Morgan fingerprint density at radius 2 is 1.50 bits per heavy atom. The average Bonchev–Trinajstić information content (AvgIpc) is 2.63. The SMILES string of the molecule is C/C=C/COc1ccc(C#Cc2ccc(CCCCC)cc2)cc1. The van der Waals surface area contributed by atoms with Crippen molar-refractivity contribution < 1.29 is 4.74 Å². The molecular formula is C23H26O. The fraction of sp³-hybridized carbons (Fsp3) is 0.304. The first kappa shape index (κ1) is 17.9. The van der Waals surface area contributed by atoms with Crippen molar-refractivity contribution in [1.29, 1.82) is 0 Å². The molecule has 124 valence electrons. The van der Waals surface area contributed by atoms with E-state index in [0.29, 0.717) is 6.61 Å². The van der Waals surface area contributed by atoms with Crippen molar-refractivity contribution in [2.75, 3.05) is 6.61 Å². The number of allylic oxidation sites excluding steroid dienone is 1. The number of benzene rings is 2. The van der Waals surface area contributed by atoms with Gasteiger partial charge in [-0.3, -0.25) is 0 Å². The normalized spacial score (nSPS) is 10.4. The predicted octanol–water partition coefficient (Wildman–Crippen LogP) is 5.77. The van der Waals surface area contributed by atoms with Gasteiger partial charge in [-0.15, -0.1) is 0 Å². The molecule has 0 spiro atoms. The van der Waals surface area contributed by atoms with Gasteiger partial charge in [-0.1, -0.05) is 55.9 Å². The van der Waals surface area contributed by atoms with Gasteiger partial charge >= 0.3 is 0 Å². The van der Waals surface area contributed by atoms with Crippen LogP contribution in [-0.2, 0) is 6.42 Å². The molecule has 2 rings (SSSR count). The first-order chi connectivity index (χ1) is 11.8. The maximum atomic E-state index is 5.58. The van der Waals surface area contributed by atoms with Crippen LogP contribution in [0.15, 0.2) is 60.7 Å². The molecule has 0 aliphatic carbocycles. The minimum atomic E-state index is 0.603. The maximum Gasteiger partial charge on any atom is 0.119 e. The van der Waals surface area contributed by atoms with Crippen molar-refractivity contribution in [3.05, 3.63) is 77.4 Å². The molecule has 0 atom stereocenters. The summed E-state index contributed by atoms with van der Waals surface area (Å²) >= 11 is 0.